The second-order valence-electron chi connectivity index (χ2n) is 8.99. The summed E-state index contributed by atoms with van der Waals surface area (Å²) in [6.45, 7) is 4.81. The van der Waals surface area contributed by atoms with Crippen LogP contribution in [0.2, 0.25) is 0 Å². The molecule has 0 bridgehead atoms. The number of pyridine rings is 1. The summed E-state index contributed by atoms with van der Waals surface area (Å²) >= 11 is 0. The summed E-state index contributed by atoms with van der Waals surface area (Å²) in [5.74, 6) is 0.725. The van der Waals surface area contributed by atoms with Crippen LogP contribution in [0, 0.1) is 0 Å². The smallest absolute Gasteiger partial charge is 0.270 e. The van der Waals surface area contributed by atoms with Crippen LogP contribution < -0.4 is 14.9 Å². The van der Waals surface area contributed by atoms with Crippen LogP contribution in [0.1, 0.15) is 38.5 Å². The molecule has 4 rings (SSSR count). The van der Waals surface area contributed by atoms with Crippen LogP contribution in [-0.4, -0.2) is 67.6 Å². The van der Waals surface area contributed by atoms with E-state index in [2.05, 4.69) is 24.9 Å². The number of sulfonamides is 1. The van der Waals surface area contributed by atoms with Crippen molar-refractivity contribution >= 4 is 44.0 Å². The molecule has 9 nitrogen and oxygen atoms in total. The highest BCUT2D eigenvalue weighted by Crippen LogP contribution is 2.28. The van der Waals surface area contributed by atoms with Gasteiger partial charge in [-0.3, -0.25) is 9.52 Å². The topological polar surface area (TPSA) is 110 Å². The molecule has 1 aliphatic rings. The van der Waals surface area contributed by atoms with Gasteiger partial charge in [-0.2, -0.15) is 0 Å². The molecular weight excluding hydrogens is 452 g/mol. The Morgan fingerprint density at radius 2 is 2.00 bits per heavy atom. The number of fused-ring (bicyclic) bond motifs is 1. The third kappa shape index (κ3) is 5.44. The van der Waals surface area contributed by atoms with Crippen molar-refractivity contribution in [2.24, 2.45) is 0 Å². The van der Waals surface area contributed by atoms with E-state index in [0.29, 0.717) is 24.5 Å². The van der Waals surface area contributed by atoms with Crippen molar-refractivity contribution in [3.63, 3.8) is 0 Å². The zero-order valence-corrected chi connectivity index (χ0v) is 20.7. The molecule has 1 aliphatic heterocycles. The second-order valence-corrected chi connectivity index (χ2v) is 10.7. The maximum Gasteiger partial charge on any atom is 0.270 e. The van der Waals surface area contributed by atoms with Gasteiger partial charge in [-0.1, -0.05) is 0 Å². The molecule has 0 atom stereocenters. The number of carbonyl (C=O) groups is 1. The van der Waals surface area contributed by atoms with Crippen LogP contribution in [0.3, 0.4) is 0 Å². The molecule has 3 heterocycles. The number of H-pyrrole nitrogens is 1. The van der Waals surface area contributed by atoms with Crippen LogP contribution in [0.5, 0.6) is 0 Å². The van der Waals surface area contributed by atoms with Gasteiger partial charge in [-0.25, -0.2) is 13.4 Å². The molecule has 0 spiro atoms. The number of likely N-dealkylation sites (tertiary alicyclic amines) is 1. The largest absolute Gasteiger partial charge is 0.380 e. The van der Waals surface area contributed by atoms with E-state index >= 15 is 0 Å². The minimum absolute atomic E-state index is 0.0731. The zero-order valence-electron chi connectivity index (χ0n) is 20.9. The fraction of sp³-hybridized carbons (Fsp3) is 0.417. The summed E-state index contributed by atoms with van der Waals surface area (Å²) in [6, 6.07) is 10.1. The first-order valence-corrected chi connectivity index (χ1v) is 13.1. The van der Waals surface area contributed by atoms with Crippen LogP contribution in [0.15, 0.2) is 42.6 Å². The number of nitrogens with zero attached hydrogens (tertiary/aromatic N) is 3. The molecule has 2 aromatic heterocycles. The van der Waals surface area contributed by atoms with Crippen molar-refractivity contribution in [1.29, 1.82) is 0 Å². The van der Waals surface area contributed by atoms with Crippen molar-refractivity contribution in [2.45, 2.75) is 38.7 Å². The normalized spacial score (nSPS) is 15.8. The molecule has 3 N–H and O–H groups in total. The van der Waals surface area contributed by atoms with Gasteiger partial charge in [-0.15, -0.1) is 0 Å². The Hall–Kier alpha value is -3.27. The van der Waals surface area contributed by atoms with Crippen molar-refractivity contribution in [1.82, 2.24) is 14.9 Å². The third-order valence-corrected chi connectivity index (χ3v) is 6.57. The van der Waals surface area contributed by atoms with Gasteiger partial charge in [0.25, 0.3) is 5.91 Å². The first-order chi connectivity index (χ1) is 16.4. The summed E-state index contributed by atoms with van der Waals surface area (Å²) in [5, 5.41) is 3.97. The number of aromatic amines is 1. The molecule has 182 valence electrons. The summed E-state index contributed by atoms with van der Waals surface area (Å²) in [5.41, 5.74) is 2.53. The highest BCUT2D eigenvalue weighted by Gasteiger charge is 2.28. The van der Waals surface area contributed by atoms with Crippen molar-refractivity contribution in [2.75, 3.05) is 41.3 Å². The number of carbonyl (C=O) groups excluding carboxylic acids is 1. The lowest BCUT2D eigenvalue weighted by atomic mass is 10.0. The van der Waals surface area contributed by atoms with Gasteiger partial charge in [0.2, 0.25) is 10.0 Å². The molecule has 1 saturated heterocycles. The summed E-state index contributed by atoms with van der Waals surface area (Å²) in [4.78, 5) is 24.8. The van der Waals surface area contributed by atoms with Gasteiger partial charge in [0.05, 0.1) is 13.3 Å². The predicted molar refractivity (Wildman–Crippen MR) is 137 cm³/mol. The SMILES string of the molecule is [2H]C(C)(C)Nc1cccnc1N(C)C1CCN(C(=O)c2cc3cc(NS(C)(=O)=O)ccc3[nH]2)CC1. The summed E-state index contributed by atoms with van der Waals surface area (Å²) in [6.07, 6.45) is 4.45. The molecule has 0 saturated carbocycles. The Balaban J connectivity index is 1.42. The maximum atomic E-state index is 13.2. The van der Waals surface area contributed by atoms with Gasteiger partial charge >= 0.3 is 0 Å². The van der Waals surface area contributed by atoms with Gasteiger partial charge in [0.1, 0.15) is 5.69 Å². The first-order valence-electron chi connectivity index (χ1n) is 11.8. The van der Waals surface area contributed by atoms with E-state index in [1.54, 1.807) is 44.3 Å². The minimum atomic E-state index is -3.37. The number of rotatable bonds is 7. The van der Waals surface area contributed by atoms with E-state index < -0.39 is 16.0 Å². The van der Waals surface area contributed by atoms with Crippen molar-refractivity contribution in [3.8, 4) is 0 Å². The Bertz CT molecular complexity index is 1330. The monoisotopic (exact) mass is 485 g/mol. The number of hydrogen-bond donors (Lipinski definition) is 3. The molecule has 3 aromatic rings. The standard InChI is InChI=1S/C24H32N6O3S/c1-16(2)26-21-6-5-11-25-23(21)29(3)19-9-12-30(13-10-19)24(31)22-15-17-14-18(28-34(4,32)33)7-8-20(17)27-22/h5-8,11,14-16,19,26-28H,9-10,12-13H2,1-4H3/i16D. The van der Waals surface area contributed by atoms with E-state index in [0.717, 1.165) is 41.5 Å². The number of nitrogens with one attached hydrogen (secondary N) is 3. The average molecular weight is 486 g/mol. The Morgan fingerprint density at radius 1 is 1.26 bits per heavy atom. The first kappa shape index (κ1) is 22.5. The summed E-state index contributed by atoms with van der Waals surface area (Å²) in [7, 11) is -1.37. The maximum absolute atomic E-state index is 13.2. The Labute approximate surface area is 202 Å². The van der Waals surface area contributed by atoms with Crippen LogP contribution in [0.4, 0.5) is 17.2 Å². The highest BCUT2D eigenvalue weighted by molar-refractivity contribution is 7.92. The molecule has 1 aromatic carbocycles. The lowest BCUT2D eigenvalue weighted by Gasteiger charge is -2.37. The number of piperidine rings is 1. The van der Waals surface area contributed by atoms with Crippen molar-refractivity contribution < 1.29 is 14.6 Å². The van der Waals surface area contributed by atoms with Crippen LogP contribution >= 0.6 is 0 Å². The van der Waals surface area contributed by atoms with Crippen LogP contribution in [-0.2, 0) is 10.0 Å². The van der Waals surface area contributed by atoms with Gasteiger partial charge in [0, 0.05) is 55.0 Å². The van der Waals surface area contributed by atoms with Gasteiger partial charge < -0.3 is 20.1 Å². The number of aromatic nitrogens is 2. The lowest BCUT2D eigenvalue weighted by Crippen LogP contribution is -2.46. The Kier molecular flexibility index (Phi) is 6.32. The average Bonchev–Trinajstić information content (AvgIpc) is 3.20. The van der Waals surface area contributed by atoms with Gasteiger partial charge in [-0.05, 0) is 63.1 Å². The number of amides is 1. The molecular formula is C24H32N6O3S. The highest BCUT2D eigenvalue weighted by atomic mass is 32.2. The number of anilines is 3. The molecule has 0 radical (unpaired) electrons. The summed E-state index contributed by atoms with van der Waals surface area (Å²) < 4.78 is 33.6. The van der Waals surface area contributed by atoms with Crippen LogP contribution in [0.25, 0.3) is 10.9 Å². The molecule has 1 amide bonds. The third-order valence-electron chi connectivity index (χ3n) is 5.96. The quantitative estimate of drug-likeness (QED) is 0.473. The van der Waals surface area contributed by atoms with E-state index in [4.69, 9.17) is 1.37 Å². The minimum Gasteiger partial charge on any atom is -0.380 e. The molecule has 34 heavy (non-hydrogen) atoms. The fourth-order valence-corrected chi connectivity index (χ4v) is 4.93. The Morgan fingerprint density at radius 3 is 2.68 bits per heavy atom. The lowest BCUT2D eigenvalue weighted by molar-refractivity contribution is 0.0708. The predicted octanol–water partition coefficient (Wildman–Crippen LogP) is 3.50. The fourth-order valence-electron chi connectivity index (χ4n) is 4.37. The van der Waals surface area contributed by atoms with Gasteiger partial charge in [0.15, 0.2) is 5.82 Å². The van der Waals surface area contributed by atoms with E-state index in [1.807, 2.05) is 24.1 Å². The van der Waals surface area contributed by atoms with E-state index in [1.165, 1.54) is 0 Å². The van der Waals surface area contributed by atoms with E-state index in [-0.39, 0.29) is 11.9 Å². The molecule has 10 heteroatoms. The zero-order chi connectivity index (χ0) is 25.4. The van der Waals surface area contributed by atoms with Crippen molar-refractivity contribution in [3.05, 3.63) is 48.3 Å². The molecule has 1 fully saturated rings. The van der Waals surface area contributed by atoms with E-state index in [9.17, 15) is 13.2 Å². The second kappa shape index (κ2) is 9.54. The number of benzene rings is 1. The molecule has 0 unspecified atom stereocenters. The number of hydrogen-bond acceptors (Lipinski definition) is 6. The molecule has 0 aliphatic carbocycles.